The Morgan fingerprint density at radius 2 is 1.64 bits per heavy atom. The number of nitrogens with one attached hydrogen (secondary N) is 1. The number of alkyl halides is 3. The molecule has 0 aromatic heterocycles. The van der Waals surface area contributed by atoms with E-state index in [-0.39, 0.29) is 24.9 Å². The Balaban J connectivity index is 0.00000242. The third kappa shape index (κ3) is 6.13. The van der Waals surface area contributed by atoms with E-state index in [1.54, 1.807) is 18.2 Å². The van der Waals surface area contributed by atoms with Crippen LogP contribution in [0.2, 0.25) is 10.0 Å². The molecule has 1 aliphatic heterocycles. The predicted octanol–water partition coefficient (Wildman–Crippen LogP) is 4.70. The summed E-state index contributed by atoms with van der Waals surface area (Å²) in [5.41, 5.74) is 0.749. The van der Waals surface area contributed by atoms with E-state index < -0.39 is 12.6 Å². The molecule has 1 N–H and O–H groups in total. The first-order valence-electron chi connectivity index (χ1n) is 6.83. The summed E-state index contributed by atoms with van der Waals surface area (Å²) in [7, 11) is 0. The van der Waals surface area contributed by atoms with Crippen LogP contribution < -0.4 is 5.32 Å². The van der Waals surface area contributed by atoms with Crippen LogP contribution in [-0.2, 0) is 0 Å². The van der Waals surface area contributed by atoms with Crippen molar-refractivity contribution in [3.63, 3.8) is 0 Å². The average Bonchev–Trinajstić information content (AvgIpc) is 2.37. The van der Waals surface area contributed by atoms with Gasteiger partial charge in [0.25, 0.3) is 0 Å². The van der Waals surface area contributed by atoms with Gasteiger partial charge in [0.1, 0.15) is 0 Å². The molecule has 1 fully saturated rings. The molecule has 0 amide bonds. The summed E-state index contributed by atoms with van der Waals surface area (Å²) in [5.74, 6) is 0. The van der Waals surface area contributed by atoms with Crippen molar-refractivity contribution in [3.8, 4) is 0 Å². The average molecular weight is 378 g/mol. The van der Waals surface area contributed by atoms with Gasteiger partial charge < -0.3 is 5.32 Å². The van der Waals surface area contributed by atoms with Gasteiger partial charge in [0, 0.05) is 48.7 Å². The number of halogens is 6. The van der Waals surface area contributed by atoms with Crippen molar-refractivity contribution < 1.29 is 13.2 Å². The van der Waals surface area contributed by atoms with Crippen LogP contribution in [-0.4, -0.2) is 37.3 Å². The summed E-state index contributed by atoms with van der Waals surface area (Å²) in [6, 6.07) is 4.68. The number of benzene rings is 1. The molecule has 22 heavy (non-hydrogen) atoms. The molecule has 1 atom stereocenters. The second-order valence-electron chi connectivity index (χ2n) is 5.16. The second kappa shape index (κ2) is 8.60. The molecular formula is C14H18Cl3F3N2. The third-order valence-corrected chi connectivity index (χ3v) is 4.00. The molecule has 1 heterocycles. The summed E-state index contributed by atoms with van der Waals surface area (Å²) in [5, 5.41) is 4.10. The summed E-state index contributed by atoms with van der Waals surface area (Å²) in [4.78, 5) is 2.06. The van der Waals surface area contributed by atoms with E-state index in [1.165, 1.54) is 0 Å². The van der Waals surface area contributed by atoms with Gasteiger partial charge in [0.2, 0.25) is 0 Å². The van der Waals surface area contributed by atoms with Crippen LogP contribution in [0.15, 0.2) is 18.2 Å². The van der Waals surface area contributed by atoms with E-state index in [9.17, 15) is 13.2 Å². The lowest BCUT2D eigenvalue weighted by molar-refractivity contribution is -0.138. The van der Waals surface area contributed by atoms with Gasteiger partial charge in [0.05, 0.1) is 0 Å². The number of hydrogen-bond acceptors (Lipinski definition) is 2. The first-order chi connectivity index (χ1) is 9.85. The van der Waals surface area contributed by atoms with Crippen molar-refractivity contribution >= 4 is 35.6 Å². The molecule has 1 aromatic carbocycles. The highest BCUT2D eigenvalue weighted by Crippen LogP contribution is 2.34. The van der Waals surface area contributed by atoms with Crippen LogP contribution >= 0.6 is 35.6 Å². The normalized spacial score (nSPS) is 17.9. The molecule has 2 rings (SSSR count). The van der Waals surface area contributed by atoms with Gasteiger partial charge in [-0.3, -0.25) is 4.90 Å². The number of rotatable bonds is 4. The zero-order valence-corrected chi connectivity index (χ0v) is 14.1. The van der Waals surface area contributed by atoms with Crippen LogP contribution in [0.1, 0.15) is 24.4 Å². The molecular weight excluding hydrogens is 360 g/mol. The Bertz CT molecular complexity index is 457. The molecule has 1 aromatic rings. The van der Waals surface area contributed by atoms with Crippen molar-refractivity contribution in [1.29, 1.82) is 0 Å². The van der Waals surface area contributed by atoms with Crippen LogP contribution in [0.4, 0.5) is 13.2 Å². The maximum Gasteiger partial charge on any atom is 0.389 e. The standard InChI is InChI=1S/C14H17Cl2F3N2.ClH/c15-11-7-10(8-12(16)9-11)13(1-2-14(17,18)19)21-5-3-20-4-6-21;/h7-9,13,20H,1-6H2;1H/t13-;/m0./s1. The van der Waals surface area contributed by atoms with E-state index in [1.807, 2.05) is 0 Å². The van der Waals surface area contributed by atoms with Gasteiger partial charge in [-0.25, -0.2) is 0 Å². The summed E-state index contributed by atoms with van der Waals surface area (Å²) in [6.07, 6.45) is -4.96. The molecule has 0 saturated carbocycles. The zero-order chi connectivity index (χ0) is 15.5. The minimum absolute atomic E-state index is 0. The molecule has 0 bridgehead atoms. The highest BCUT2D eigenvalue weighted by atomic mass is 35.5. The van der Waals surface area contributed by atoms with Crippen molar-refractivity contribution in [2.45, 2.75) is 25.1 Å². The van der Waals surface area contributed by atoms with Crippen LogP contribution in [0.25, 0.3) is 0 Å². The molecule has 0 aliphatic carbocycles. The number of nitrogens with zero attached hydrogens (tertiary/aromatic N) is 1. The molecule has 8 heteroatoms. The minimum atomic E-state index is -4.16. The molecule has 126 valence electrons. The zero-order valence-electron chi connectivity index (χ0n) is 11.8. The fraction of sp³-hybridized carbons (Fsp3) is 0.571. The fourth-order valence-electron chi connectivity index (χ4n) is 2.62. The second-order valence-corrected chi connectivity index (χ2v) is 6.03. The smallest absolute Gasteiger partial charge is 0.314 e. The van der Waals surface area contributed by atoms with Gasteiger partial charge in [-0.15, -0.1) is 12.4 Å². The van der Waals surface area contributed by atoms with E-state index in [4.69, 9.17) is 23.2 Å². The summed E-state index contributed by atoms with van der Waals surface area (Å²) >= 11 is 12.0. The monoisotopic (exact) mass is 376 g/mol. The Morgan fingerprint density at radius 3 is 2.14 bits per heavy atom. The SMILES string of the molecule is Cl.FC(F)(F)CC[C@@H](c1cc(Cl)cc(Cl)c1)N1CCNCC1. The Hall–Kier alpha value is -0.200. The van der Waals surface area contributed by atoms with Crippen LogP contribution in [0, 0.1) is 0 Å². The minimum Gasteiger partial charge on any atom is -0.314 e. The Morgan fingerprint density at radius 1 is 1.09 bits per heavy atom. The van der Waals surface area contributed by atoms with E-state index in [0.29, 0.717) is 23.1 Å². The third-order valence-electron chi connectivity index (χ3n) is 3.56. The van der Waals surface area contributed by atoms with Crippen LogP contribution in [0.5, 0.6) is 0 Å². The van der Waals surface area contributed by atoms with Gasteiger partial charge in [0.15, 0.2) is 0 Å². The van der Waals surface area contributed by atoms with Crippen LogP contribution in [0.3, 0.4) is 0 Å². The van der Waals surface area contributed by atoms with Gasteiger partial charge in [-0.2, -0.15) is 13.2 Å². The lowest BCUT2D eigenvalue weighted by atomic mass is 9.99. The van der Waals surface area contributed by atoms with Gasteiger partial charge in [-0.05, 0) is 30.2 Å². The molecule has 0 radical (unpaired) electrons. The molecule has 2 nitrogen and oxygen atoms in total. The molecule has 1 saturated heterocycles. The number of piperazine rings is 1. The van der Waals surface area contributed by atoms with Crippen molar-refractivity contribution in [2.75, 3.05) is 26.2 Å². The largest absolute Gasteiger partial charge is 0.389 e. The first kappa shape index (κ1) is 19.8. The highest BCUT2D eigenvalue weighted by molar-refractivity contribution is 6.34. The van der Waals surface area contributed by atoms with Gasteiger partial charge >= 0.3 is 6.18 Å². The summed E-state index contributed by atoms with van der Waals surface area (Å²) in [6.45, 7) is 2.98. The molecule has 0 spiro atoms. The first-order valence-corrected chi connectivity index (χ1v) is 7.58. The van der Waals surface area contributed by atoms with E-state index in [2.05, 4.69) is 10.2 Å². The molecule has 0 unspecified atom stereocenters. The van der Waals surface area contributed by atoms with Crippen molar-refractivity contribution in [1.82, 2.24) is 10.2 Å². The predicted molar refractivity (Wildman–Crippen MR) is 86.2 cm³/mol. The van der Waals surface area contributed by atoms with Crippen molar-refractivity contribution in [3.05, 3.63) is 33.8 Å². The quantitative estimate of drug-likeness (QED) is 0.818. The lowest BCUT2D eigenvalue weighted by Crippen LogP contribution is -2.45. The number of hydrogen-bond donors (Lipinski definition) is 1. The van der Waals surface area contributed by atoms with Gasteiger partial charge in [-0.1, -0.05) is 23.2 Å². The summed E-state index contributed by atoms with van der Waals surface area (Å²) < 4.78 is 37.7. The maximum atomic E-state index is 12.6. The van der Waals surface area contributed by atoms with E-state index in [0.717, 1.165) is 18.7 Å². The lowest BCUT2D eigenvalue weighted by Gasteiger charge is -2.35. The fourth-order valence-corrected chi connectivity index (χ4v) is 3.16. The maximum absolute atomic E-state index is 12.6. The topological polar surface area (TPSA) is 15.3 Å². The highest BCUT2D eigenvalue weighted by Gasteiger charge is 2.31. The van der Waals surface area contributed by atoms with E-state index >= 15 is 0 Å². The van der Waals surface area contributed by atoms with Crippen molar-refractivity contribution in [2.24, 2.45) is 0 Å². The molecule has 1 aliphatic rings. The Kier molecular flexibility index (Phi) is 7.75. The Labute approximate surface area is 144 Å².